The van der Waals surface area contributed by atoms with Crippen molar-refractivity contribution in [3.8, 4) is 5.75 Å². The first-order valence-corrected chi connectivity index (χ1v) is 11.2. The third kappa shape index (κ3) is 4.46. The van der Waals surface area contributed by atoms with Gasteiger partial charge in [-0.05, 0) is 54.8 Å². The molecule has 1 heterocycles. The van der Waals surface area contributed by atoms with E-state index in [0.29, 0.717) is 38.2 Å². The molecule has 1 amide bonds. The number of nitrogens with zero attached hydrogens (tertiary/aromatic N) is 2. The Morgan fingerprint density at radius 2 is 1.90 bits per heavy atom. The first-order valence-electron chi connectivity index (χ1n) is 9.77. The summed E-state index contributed by atoms with van der Waals surface area (Å²) >= 11 is 0. The number of carbonyl (C=O) groups is 1. The van der Waals surface area contributed by atoms with Crippen LogP contribution in [-0.4, -0.2) is 44.9 Å². The van der Waals surface area contributed by atoms with Gasteiger partial charge in [0.1, 0.15) is 5.75 Å². The molecule has 0 radical (unpaired) electrons. The van der Waals surface area contributed by atoms with E-state index in [1.54, 1.807) is 30.9 Å². The van der Waals surface area contributed by atoms with Gasteiger partial charge >= 0.3 is 6.61 Å². The molecule has 0 fully saturated rings. The number of aryl methyl sites for hydroxylation is 1. The van der Waals surface area contributed by atoms with Crippen LogP contribution in [0.2, 0.25) is 0 Å². The number of benzene rings is 2. The number of hydrogen-bond donors (Lipinski definition) is 0. The maximum absolute atomic E-state index is 13.0. The smallest absolute Gasteiger partial charge is 0.387 e. The lowest BCUT2D eigenvalue weighted by Gasteiger charge is -2.30. The largest absolute Gasteiger partial charge is 0.435 e. The maximum atomic E-state index is 13.0. The number of amides is 1. The van der Waals surface area contributed by atoms with E-state index < -0.39 is 16.6 Å². The molecule has 6 nitrogen and oxygen atoms in total. The van der Waals surface area contributed by atoms with Crippen LogP contribution >= 0.6 is 0 Å². The van der Waals surface area contributed by atoms with Gasteiger partial charge in [0.2, 0.25) is 10.0 Å². The fraction of sp³-hybridized carbons (Fsp3) is 0.381. The van der Waals surface area contributed by atoms with Gasteiger partial charge in [0, 0.05) is 30.9 Å². The van der Waals surface area contributed by atoms with Crippen molar-refractivity contribution in [2.75, 3.05) is 24.5 Å². The third-order valence-corrected chi connectivity index (χ3v) is 7.11. The zero-order valence-electron chi connectivity index (χ0n) is 16.8. The van der Waals surface area contributed by atoms with Crippen LogP contribution in [-0.2, 0) is 16.4 Å². The Hall–Kier alpha value is -2.52. The number of fused-ring (bicyclic) bond motifs is 1. The molecule has 1 aliphatic heterocycles. The van der Waals surface area contributed by atoms with Crippen LogP contribution in [0, 0.1) is 0 Å². The minimum atomic E-state index is -3.60. The minimum Gasteiger partial charge on any atom is -0.435 e. The Balaban J connectivity index is 1.92. The van der Waals surface area contributed by atoms with Gasteiger partial charge in [0.15, 0.2) is 0 Å². The van der Waals surface area contributed by atoms with Crippen molar-refractivity contribution in [1.29, 1.82) is 0 Å². The average molecular weight is 438 g/mol. The van der Waals surface area contributed by atoms with Crippen LogP contribution in [0.3, 0.4) is 0 Å². The third-order valence-electron chi connectivity index (χ3n) is 5.06. The summed E-state index contributed by atoms with van der Waals surface area (Å²) in [6.07, 6.45) is 1.32. The molecule has 2 aromatic carbocycles. The Bertz CT molecular complexity index is 1020. The van der Waals surface area contributed by atoms with Crippen molar-refractivity contribution >= 4 is 21.6 Å². The summed E-state index contributed by atoms with van der Waals surface area (Å²) in [7, 11) is -3.60. The molecule has 0 aromatic heterocycles. The number of carbonyl (C=O) groups excluding carboxylic acids is 1. The van der Waals surface area contributed by atoms with Crippen molar-refractivity contribution in [2.45, 2.75) is 38.2 Å². The second-order valence-corrected chi connectivity index (χ2v) is 8.78. The summed E-state index contributed by atoms with van der Waals surface area (Å²) in [4.78, 5) is 14.8. The number of rotatable bonds is 7. The topological polar surface area (TPSA) is 66.9 Å². The summed E-state index contributed by atoms with van der Waals surface area (Å²) in [5, 5.41) is 0. The van der Waals surface area contributed by atoms with Crippen LogP contribution in [0.25, 0.3) is 0 Å². The molecule has 0 bridgehead atoms. The Morgan fingerprint density at radius 3 is 2.57 bits per heavy atom. The van der Waals surface area contributed by atoms with Crippen LogP contribution in [0.4, 0.5) is 14.5 Å². The summed E-state index contributed by atoms with van der Waals surface area (Å²) < 4.78 is 56.3. The molecule has 0 spiro atoms. The van der Waals surface area contributed by atoms with Crippen LogP contribution < -0.4 is 9.64 Å². The number of halogens is 2. The highest BCUT2D eigenvalue weighted by atomic mass is 32.2. The van der Waals surface area contributed by atoms with E-state index in [0.717, 1.165) is 5.56 Å². The molecule has 30 heavy (non-hydrogen) atoms. The molecule has 0 atom stereocenters. The molecule has 0 saturated heterocycles. The van der Waals surface area contributed by atoms with E-state index in [-0.39, 0.29) is 22.1 Å². The molecule has 0 saturated carbocycles. The van der Waals surface area contributed by atoms with Crippen LogP contribution in [0.1, 0.15) is 36.2 Å². The van der Waals surface area contributed by atoms with Crippen LogP contribution in [0.15, 0.2) is 47.4 Å². The lowest BCUT2D eigenvalue weighted by Crippen LogP contribution is -2.36. The van der Waals surface area contributed by atoms with Gasteiger partial charge in [0.05, 0.1) is 4.90 Å². The monoisotopic (exact) mass is 438 g/mol. The highest BCUT2D eigenvalue weighted by molar-refractivity contribution is 7.89. The predicted octanol–water partition coefficient (Wildman–Crippen LogP) is 3.91. The Labute approximate surface area is 175 Å². The molecule has 2 aromatic rings. The molecular formula is C21H24F2N2O4S. The van der Waals surface area contributed by atoms with Crippen molar-refractivity contribution in [3.05, 3.63) is 53.6 Å². The maximum Gasteiger partial charge on any atom is 0.387 e. The van der Waals surface area contributed by atoms with Gasteiger partial charge in [0.25, 0.3) is 5.91 Å². The first-order chi connectivity index (χ1) is 14.3. The van der Waals surface area contributed by atoms with Gasteiger partial charge in [-0.2, -0.15) is 13.1 Å². The molecule has 3 rings (SSSR count). The number of anilines is 1. The van der Waals surface area contributed by atoms with E-state index in [1.165, 1.54) is 34.6 Å². The molecule has 9 heteroatoms. The number of ether oxygens (including phenoxy) is 1. The van der Waals surface area contributed by atoms with Gasteiger partial charge in [-0.25, -0.2) is 8.42 Å². The van der Waals surface area contributed by atoms with Gasteiger partial charge in [-0.15, -0.1) is 0 Å². The first kappa shape index (κ1) is 22.2. The van der Waals surface area contributed by atoms with Crippen molar-refractivity contribution in [1.82, 2.24) is 4.31 Å². The summed E-state index contributed by atoms with van der Waals surface area (Å²) in [6, 6.07) is 10.4. The highest BCUT2D eigenvalue weighted by Gasteiger charge is 2.27. The van der Waals surface area contributed by atoms with Crippen molar-refractivity contribution in [2.24, 2.45) is 0 Å². The number of sulfonamides is 1. The average Bonchev–Trinajstić information content (AvgIpc) is 2.72. The number of hydrogen-bond acceptors (Lipinski definition) is 4. The van der Waals surface area contributed by atoms with Crippen LogP contribution in [0.5, 0.6) is 5.75 Å². The normalized spacial score (nSPS) is 14.1. The van der Waals surface area contributed by atoms with Gasteiger partial charge in [-0.3, -0.25) is 4.79 Å². The van der Waals surface area contributed by atoms with E-state index in [2.05, 4.69) is 4.74 Å². The fourth-order valence-electron chi connectivity index (χ4n) is 3.62. The lowest BCUT2D eigenvalue weighted by molar-refractivity contribution is -0.0498. The molecule has 1 aliphatic rings. The molecule has 0 unspecified atom stereocenters. The standard InChI is InChI=1S/C21H24F2N2O4S/c1-3-24(4-2)30(27,28)18-10-11-19-15(14-18)8-6-12-25(19)20(26)16-7-5-9-17(13-16)29-21(22)23/h5,7,9-11,13-14,21H,3-4,6,8,12H2,1-2H3. The second kappa shape index (κ2) is 9.09. The zero-order chi connectivity index (χ0) is 21.9. The zero-order valence-corrected chi connectivity index (χ0v) is 17.7. The van der Waals surface area contributed by atoms with E-state index in [1.807, 2.05) is 0 Å². The van der Waals surface area contributed by atoms with Crippen molar-refractivity contribution in [3.63, 3.8) is 0 Å². The summed E-state index contributed by atoms with van der Waals surface area (Å²) in [5.41, 5.74) is 1.62. The predicted molar refractivity (Wildman–Crippen MR) is 110 cm³/mol. The van der Waals surface area contributed by atoms with E-state index in [4.69, 9.17) is 0 Å². The number of alkyl halides is 2. The molecule has 162 valence electrons. The summed E-state index contributed by atoms with van der Waals surface area (Å²) in [6.45, 7) is 1.79. The minimum absolute atomic E-state index is 0.0891. The van der Waals surface area contributed by atoms with E-state index in [9.17, 15) is 22.0 Å². The molecule has 0 N–H and O–H groups in total. The molecular weight excluding hydrogens is 414 g/mol. The highest BCUT2D eigenvalue weighted by Crippen LogP contribution is 2.32. The quantitative estimate of drug-likeness (QED) is 0.657. The lowest BCUT2D eigenvalue weighted by atomic mass is 10.0. The van der Waals surface area contributed by atoms with Gasteiger partial charge < -0.3 is 9.64 Å². The van der Waals surface area contributed by atoms with Gasteiger partial charge in [-0.1, -0.05) is 19.9 Å². The Kier molecular flexibility index (Phi) is 6.72. The Morgan fingerprint density at radius 1 is 1.17 bits per heavy atom. The fourth-order valence-corrected chi connectivity index (χ4v) is 5.13. The van der Waals surface area contributed by atoms with Crippen molar-refractivity contribution < 1.29 is 26.7 Å². The SMILES string of the molecule is CCN(CC)S(=O)(=O)c1ccc2c(c1)CCCN2C(=O)c1cccc(OC(F)F)c1. The second-order valence-electron chi connectivity index (χ2n) is 6.85. The molecule has 0 aliphatic carbocycles. The van der Waals surface area contributed by atoms with E-state index >= 15 is 0 Å². The summed E-state index contributed by atoms with van der Waals surface area (Å²) in [5.74, 6) is -0.441.